The second kappa shape index (κ2) is 10.8. The van der Waals surface area contributed by atoms with Gasteiger partial charge in [0.1, 0.15) is 0 Å². The van der Waals surface area contributed by atoms with E-state index in [1.165, 1.54) is 0 Å². The number of carbonyl (C=O) groups is 2. The van der Waals surface area contributed by atoms with Crippen molar-refractivity contribution in [1.29, 1.82) is 0 Å². The van der Waals surface area contributed by atoms with Crippen LogP contribution < -0.4 is 5.32 Å². The second-order valence-corrected chi connectivity index (χ2v) is 7.02. The Bertz CT molecular complexity index is 604. The van der Waals surface area contributed by atoms with Gasteiger partial charge in [0.05, 0.1) is 6.54 Å². The molecule has 1 N–H and O–H groups in total. The molecule has 1 aliphatic rings. The predicted octanol–water partition coefficient (Wildman–Crippen LogP) is 3.55. The third-order valence-corrected chi connectivity index (χ3v) is 4.87. The van der Waals surface area contributed by atoms with E-state index in [0.29, 0.717) is 26.1 Å². The molecule has 25 heavy (non-hydrogen) atoms. The molecule has 0 aliphatic heterocycles. The molecule has 1 unspecified atom stereocenters. The molecule has 5 nitrogen and oxygen atoms in total. The lowest BCUT2D eigenvalue weighted by atomic mass is 10.1. The number of hydrogen-bond acceptors (Lipinski definition) is 4. The Labute approximate surface area is 153 Å². The van der Waals surface area contributed by atoms with E-state index in [1.807, 2.05) is 24.4 Å². The first-order valence-corrected chi connectivity index (χ1v) is 9.80. The molecule has 136 valence electrons. The van der Waals surface area contributed by atoms with Crippen molar-refractivity contribution < 1.29 is 14.3 Å². The van der Waals surface area contributed by atoms with Crippen molar-refractivity contribution in [2.75, 3.05) is 13.1 Å². The van der Waals surface area contributed by atoms with Crippen molar-refractivity contribution in [2.45, 2.75) is 58.1 Å². The van der Waals surface area contributed by atoms with Crippen molar-refractivity contribution >= 4 is 23.3 Å². The minimum absolute atomic E-state index is 0.0782. The third-order valence-electron chi connectivity index (χ3n) is 4.01. The third kappa shape index (κ3) is 7.18. The Morgan fingerprint density at radius 1 is 1.40 bits per heavy atom. The van der Waals surface area contributed by atoms with Gasteiger partial charge in [-0.05, 0) is 30.7 Å². The van der Waals surface area contributed by atoms with Crippen molar-refractivity contribution in [2.24, 2.45) is 0 Å². The van der Waals surface area contributed by atoms with E-state index in [9.17, 15) is 9.59 Å². The maximum Gasteiger partial charge on any atom is 0.408 e. The average molecular weight is 362 g/mol. The summed E-state index contributed by atoms with van der Waals surface area (Å²) in [5.74, 6) is 6.15. The number of carbonyl (C=O) groups excluding carboxylic acids is 2. The van der Waals surface area contributed by atoms with Crippen LogP contribution in [0.15, 0.2) is 17.5 Å². The van der Waals surface area contributed by atoms with Crippen LogP contribution in [-0.4, -0.2) is 36.1 Å². The molecule has 0 bridgehead atoms. The van der Waals surface area contributed by atoms with E-state index < -0.39 is 6.09 Å². The number of ether oxygens (including phenoxy) is 1. The van der Waals surface area contributed by atoms with Crippen molar-refractivity contribution in [1.82, 2.24) is 10.2 Å². The lowest BCUT2D eigenvalue weighted by Crippen LogP contribution is -2.38. The van der Waals surface area contributed by atoms with Gasteiger partial charge in [0, 0.05) is 30.8 Å². The van der Waals surface area contributed by atoms with Gasteiger partial charge in [0.25, 0.3) is 0 Å². The fourth-order valence-electron chi connectivity index (χ4n) is 2.64. The van der Waals surface area contributed by atoms with Gasteiger partial charge >= 0.3 is 6.09 Å². The number of nitrogens with one attached hydrogen (secondary N) is 1. The molecule has 1 heterocycles. The largest absolute Gasteiger partial charge is 0.433 e. The van der Waals surface area contributed by atoms with E-state index >= 15 is 0 Å². The predicted molar refractivity (Wildman–Crippen MR) is 99.2 cm³/mol. The molecule has 1 aromatic heterocycles. The molecule has 0 spiro atoms. The van der Waals surface area contributed by atoms with Crippen LogP contribution in [0.1, 0.15) is 50.3 Å². The fourth-order valence-corrected chi connectivity index (χ4v) is 3.36. The summed E-state index contributed by atoms with van der Waals surface area (Å²) >= 11 is 1.62. The zero-order chi connectivity index (χ0) is 17.9. The van der Waals surface area contributed by atoms with Gasteiger partial charge in [-0.1, -0.05) is 31.3 Å². The lowest BCUT2D eigenvalue weighted by Gasteiger charge is -2.22. The van der Waals surface area contributed by atoms with Crippen LogP contribution in [0.3, 0.4) is 0 Å². The van der Waals surface area contributed by atoms with Gasteiger partial charge in [-0.3, -0.25) is 4.79 Å². The molecule has 1 aromatic rings. The van der Waals surface area contributed by atoms with Gasteiger partial charge < -0.3 is 15.0 Å². The number of alkyl carbamates (subject to hydrolysis) is 1. The molecule has 6 heteroatoms. The number of hydrogen-bond donors (Lipinski definition) is 1. The highest BCUT2D eigenvalue weighted by atomic mass is 32.1. The maximum atomic E-state index is 12.1. The average Bonchev–Trinajstić information content (AvgIpc) is 3.08. The summed E-state index contributed by atoms with van der Waals surface area (Å²) in [6.45, 7) is 3.26. The zero-order valence-electron chi connectivity index (χ0n) is 14.8. The minimum atomic E-state index is -0.458. The minimum Gasteiger partial charge on any atom is -0.433 e. The monoisotopic (exact) mass is 362 g/mol. The number of amides is 2. The van der Waals surface area contributed by atoms with Gasteiger partial charge in [0.15, 0.2) is 6.10 Å². The standard InChI is InChI=1S/C19H26N2O3S/c1-2-18(22)21(15-17-11-8-14-25-17)13-12-20-19(23)24-16-9-6-4-3-5-7-10-16/h8,11,14,16H,2-6,9,12-13,15H2,1H3,(H,20,23). The summed E-state index contributed by atoms with van der Waals surface area (Å²) in [5, 5.41) is 4.73. The van der Waals surface area contributed by atoms with Crippen LogP contribution in [0.25, 0.3) is 0 Å². The van der Waals surface area contributed by atoms with Crippen molar-refractivity contribution in [3.63, 3.8) is 0 Å². The molecule has 1 aliphatic carbocycles. The molecule has 2 rings (SSSR count). The highest BCUT2D eigenvalue weighted by Crippen LogP contribution is 2.13. The highest BCUT2D eigenvalue weighted by molar-refractivity contribution is 7.09. The van der Waals surface area contributed by atoms with E-state index in [2.05, 4.69) is 17.2 Å². The maximum absolute atomic E-state index is 12.1. The van der Waals surface area contributed by atoms with E-state index in [-0.39, 0.29) is 12.0 Å². The smallest absolute Gasteiger partial charge is 0.408 e. The van der Waals surface area contributed by atoms with Gasteiger partial charge in [-0.2, -0.15) is 0 Å². The van der Waals surface area contributed by atoms with Gasteiger partial charge in [0.2, 0.25) is 5.91 Å². The molecule has 0 radical (unpaired) electrons. The summed E-state index contributed by atoms with van der Waals surface area (Å²) in [4.78, 5) is 26.9. The summed E-state index contributed by atoms with van der Waals surface area (Å²) in [5.41, 5.74) is 0. The molecule has 2 amide bonds. The quantitative estimate of drug-likeness (QED) is 0.755. The van der Waals surface area contributed by atoms with E-state index in [0.717, 1.165) is 37.0 Å². The Kier molecular flexibility index (Phi) is 8.33. The summed E-state index contributed by atoms with van der Waals surface area (Å²) in [6, 6.07) is 3.98. The van der Waals surface area contributed by atoms with Crippen LogP contribution in [-0.2, 0) is 16.1 Å². The topological polar surface area (TPSA) is 58.6 Å². The molecule has 0 aromatic carbocycles. The second-order valence-electron chi connectivity index (χ2n) is 5.99. The number of thiophene rings is 1. The Hall–Kier alpha value is -2.00. The molecule has 1 atom stereocenters. The number of nitrogens with zero attached hydrogens (tertiary/aromatic N) is 1. The van der Waals surface area contributed by atoms with E-state index in [4.69, 9.17) is 4.74 Å². The SMILES string of the molecule is CCC(=O)N(CCNC(=O)OC1C#CCCCCC1)Cc1cccs1. The Morgan fingerprint density at radius 2 is 2.28 bits per heavy atom. The van der Waals surface area contributed by atoms with Gasteiger partial charge in [-0.25, -0.2) is 4.79 Å². The summed E-state index contributed by atoms with van der Waals surface area (Å²) in [6.07, 6.45) is 4.63. The fraction of sp³-hybridized carbons (Fsp3) is 0.579. The van der Waals surface area contributed by atoms with Crippen LogP contribution in [0.5, 0.6) is 0 Å². The van der Waals surface area contributed by atoms with Crippen LogP contribution in [0.2, 0.25) is 0 Å². The van der Waals surface area contributed by atoms with Crippen LogP contribution >= 0.6 is 11.3 Å². The van der Waals surface area contributed by atoms with Crippen LogP contribution in [0.4, 0.5) is 4.79 Å². The first kappa shape index (κ1) is 19.3. The van der Waals surface area contributed by atoms with Gasteiger partial charge in [-0.15, -0.1) is 11.3 Å². The number of rotatable bonds is 7. The molecular formula is C19H26N2O3S. The van der Waals surface area contributed by atoms with Crippen molar-refractivity contribution in [3.8, 4) is 11.8 Å². The normalized spacial score (nSPS) is 16.8. The highest BCUT2D eigenvalue weighted by Gasteiger charge is 2.15. The van der Waals surface area contributed by atoms with E-state index in [1.54, 1.807) is 16.2 Å². The molecule has 0 saturated carbocycles. The first-order valence-electron chi connectivity index (χ1n) is 8.92. The summed E-state index contributed by atoms with van der Waals surface area (Å²) in [7, 11) is 0. The van der Waals surface area contributed by atoms with Crippen LogP contribution in [0, 0.1) is 11.8 Å². The first-order chi connectivity index (χ1) is 12.2. The Morgan fingerprint density at radius 3 is 3.04 bits per heavy atom. The summed E-state index contributed by atoms with van der Waals surface area (Å²) < 4.78 is 5.38. The zero-order valence-corrected chi connectivity index (χ0v) is 15.6. The molecular weight excluding hydrogens is 336 g/mol. The molecule has 0 saturated heterocycles. The lowest BCUT2D eigenvalue weighted by molar-refractivity contribution is -0.131. The molecule has 0 fully saturated rings. The van der Waals surface area contributed by atoms with Crippen molar-refractivity contribution in [3.05, 3.63) is 22.4 Å². The Balaban J connectivity index is 1.76.